The highest BCUT2D eigenvalue weighted by Gasteiger charge is 2.19. The van der Waals surface area contributed by atoms with Crippen molar-refractivity contribution in [3.05, 3.63) is 23.8 Å². The highest BCUT2D eigenvalue weighted by Crippen LogP contribution is 2.31. The van der Waals surface area contributed by atoms with E-state index in [4.69, 9.17) is 10.00 Å². The van der Waals surface area contributed by atoms with E-state index in [1.54, 1.807) is 0 Å². The fourth-order valence-electron chi connectivity index (χ4n) is 2.21. The first-order valence-electron chi connectivity index (χ1n) is 6.12. The van der Waals surface area contributed by atoms with Crippen molar-refractivity contribution in [1.82, 2.24) is 0 Å². The van der Waals surface area contributed by atoms with Gasteiger partial charge in [-0.05, 0) is 44.0 Å². The SMILES string of the molecule is CC(C)Oc1ccc2c(c1)CCN2CCC#N. The third-order valence-corrected chi connectivity index (χ3v) is 2.91. The number of nitrogens with zero attached hydrogens (tertiary/aromatic N) is 2. The van der Waals surface area contributed by atoms with Crippen LogP contribution in [-0.2, 0) is 6.42 Å². The Morgan fingerprint density at radius 3 is 3.00 bits per heavy atom. The number of benzene rings is 1. The molecule has 0 saturated heterocycles. The van der Waals surface area contributed by atoms with Crippen molar-refractivity contribution in [1.29, 1.82) is 5.26 Å². The van der Waals surface area contributed by atoms with Crippen LogP contribution < -0.4 is 9.64 Å². The Hall–Kier alpha value is -1.69. The number of rotatable bonds is 4. The molecule has 1 aromatic carbocycles. The summed E-state index contributed by atoms with van der Waals surface area (Å²) in [7, 11) is 0. The third kappa shape index (κ3) is 2.71. The van der Waals surface area contributed by atoms with E-state index in [0.717, 1.165) is 25.3 Å². The van der Waals surface area contributed by atoms with Crippen molar-refractivity contribution in [3.63, 3.8) is 0 Å². The van der Waals surface area contributed by atoms with Gasteiger partial charge in [-0.1, -0.05) is 0 Å². The van der Waals surface area contributed by atoms with Crippen molar-refractivity contribution in [2.45, 2.75) is 32.8 Å². The van der Waals surface area contributed by atoms with Gasteiger partial charge in [0.05, 0.1) is 18.6 Å². The Balaban J connectivity index is 2.11. The van der Waals surface area contributed by atoms with E-state index < -0.39 is 0 Å². The summed E-state index contributed by atoms with van der Waals surface area (Å²) in [6, 6.07) is 8.45. The summed E-state index contributed by atoms with van der Waals surface area (Å²) in [5.41, 5.74) is 2.59. The molecule has 0 N–H and O–H groups in total. The van der Waals surface area contributed by atoms with Crippen LogP contribution in [0.4, 0.5) is 5.69 Å². The summed E-state index contributed by atoms with van der Waals surface area (Å²) in [6.07, 6.45) is 1.85. The van der Waals surface area contributed by atoms with Gasteiger partial charge in [-0.25, -0.2) is 0 Å². The van der Waals surface area contributed by atoms with E-state index in [-0.39, 0.29) is 6.10 Å². The molecule has 1 aromatic rings. The van der Waals surface area contributed by atoms with Crippen LogP contribution in [0.3, 0.4) is 0 Å². The molecule has 1 heterocycles. The standard InChI is InChI=1S/C14H18N2O/c1-11(2)17-13-4-5-14-12(10-13)6-9-16(14)8-3-7-15/h4-5,10-11H,3,6,8-9H2,1-2H3. The van der Waals surface area contributed by atoms with Gasteiger partial charge in [0.1, 0.15) is 5.75 Å². The molecule has 0 spiro atoms. The summed E-state index contributed by atoms with van der Waals surface area (Å²) in [4.78, 5) is 2.28. The van der Waals surface area contributed by atoms with Crippen molar-refractivity contribution in [2.75, 3.05) is 18.0 Å². The van der Waals surface area contributed by atoms with Crippen LogP contribution in [0.1, 0.15) is 25.8 Å². The van der Waals surface area contributed by atoms with Gasteiger partial charge in [-0.2, -0.15) is 5.26 Å². The molecule has 0 amide bonds. The van der Waals surface area contributed by atoms with Gasteiger partial charge in [0.15, 0.2) is 0 Å². The molecule has 0 radical (unpaired) electrons. The van der Waals surface area contributed by atoms with Crippen molar-refractivity contribution < 1.29 is 4.74 Å². The monoisotopic (exact) mass is 230 g/mol. The number of hydrogen-bond acceptors (Lipinski definition) is 3. The Morgan fingerprint density at radius 1 is 1.47 bits per heavy atom. The molecule has 0 saturated carbocycles. The second kappa shape index (κ2) is 5.09. The van der Waals surface area contributed by atoms with Gasteiger partial charge in [-0.3, -0.25) is 0 Å². The molecule has 3 heteroatoms. The predicted octanol–water partition coefficient (Wildman–Crippen LogP) is 2.75. The number of hydrogen-bond donors (Lipinski definition) is 0. The molecule has 1 aliphatic heterocycles. The molecule has 0 aromatic heterocycles. The summed E-state index contributed by atoms with van der Waals surface area (Å²) < 4.78 is 5.68. The van der Waals surface area contributed by atoms with Crippen molar-refractivity contribution >= 4 is 5.69 Å². The molecule has 1 aliphatic rings. The van der Waals surface area contributed by atoms with Crippen LogP contribution in [0.2, 0.25) is 0 Å². The van der Waals surface area contributed by atoms with Gasteiger partial charge < -0.3 is 9.64 Å². The van der Waals surface area contributed by atoms with Crippen LogP contribution in [0.5, 0.6) is 5.75 Å². The molecular weight excluding hydrogens is 212 g/mol. The van der Waals surface area contributed by atoms with Crippen LogP contribution >= 0.6 is 0 Å². The second-order valence-electron chi connectivity index (χ2n) is 4.60. The number of fused-ring (bicyclic) bond motifs is 1. The predicted molar refractivity (Wildman–Crippen MR) is 68.4 cm³/mol. The minimum atomic E-state index is 0.212. The van der Waals surface area contributed by atoms with E-state index in [9.17, 15) is 0 Å². The maximum atomic E-state index is 8.62. The lowest BCUT2D eigenvalue weighted by Gasteiger charge is -2.18. The fourth-order valence-corrected chi connectivity index (χ4v) is 2.21. The van der Waals surface area contributed by atoms with Crippen LogP contribution in [0, 0.1) is 11.3 Å². The second-order valence-corrected chi connectivity index (χ2v) is 4.60. The normalized spacial score (nSPS) is 13.6. The first-order chi connectivity index (χ1) is 8.20. The van der Waals surface area contributed by atoms with E-state index >= 15 is 0 Å². The minimum Gasteiger partial charge on any atom is -0.491 e. The Kier molecular flexibility index (Phi) is 3.53. The average Bonchev–Trinajstić information content (AvgIpc) is 2.68. The molecule has 3 nitrogen and oxygen atoms in total. The maximum Gasteiger partial charge on any atom is 0.120 e. The molecule has 0 unspecified atom stereocenters. The van der Waals surface area contributed by atoms with E-state index in [1.807, 2.05) is 19.9 Å². The molecular formula is C14H18N2O. The first kappa shape index (κ1) is 11.8. The lowest BCUT2D eigenvalue weighted by atomic mass is 10.1. The van der Waals surface area contributed by atoms with Crippen LogP contribution in [0.15, 0.2) is 18.2 Å². The lowest BCUT2D eigenvalue weighted by molar-refractivity contribution is 0.242. The Labute approximate surface area is 103 Å². The minimum absolute atomic E-state index is 0.212. The molecule has 90 valence electrons. The average molecular weight is 230 g/mol. The zero-order chi connectivity index (χ0) is 12.3. The maximum absolute atomic E-state index is 8.62. The summed E-state index contributed by atoms with van der Waals surface area (Å²) in [6.45, 7) is 5.91. The number of ether oxygens (including phenoxy) is 1. The van der Waals surface area contributed by atoms with Crippen LogP contribution in [0.25, 0.3) is 0 Å². The summed E-state index contributed by atoms with van der Waals surface area (Å²) in [5, 5.41) is 8.62. The Morgan fingerprint density at radius 2 is 2.29 bits per heavy atom. The van der Waals surface area contributed by atoms with E-state index in [1.165, 1.54) is 11.3 Å². The van der Waals surface area contributed by atoms with Crippen molar-refractivity contribution in [2.24, 2.45) is 0 Å². The highest BCUT2D eigenvalue weighted by molar-refractivity contribution is 5.60. The van der Waals surface area contributed by atoms with E-state index in [2.05, 4.69) is 23.1 Å². The highest BCUT2D eigenvalue weighted by atomic mass is 16.5. The molecule has 0 fully saturated rings. The van der Waals surface area contributed by atoms with Gasteiger partial charge in [0.2, 0.25) is 0 Å². The molecule has 0 bridgehead atoms. The lowest BCUT2D eigenvalue weighted by Crippen LogP contribution is -2.21. The fraction of sp³-hybridized carbons (Fsp3) is 0.500. The third-order valence-electron chi connectivity index (χ3n) is 2.91. The molecule has 0 atom stereocenters. The summed E-state index contributed by atoms with van der Waals surface area (Å²) in [5.74, 6) is 0.945. The molecule has 2 rings (SSSR count). The summed E-state index contributed by atoms with van der Waals surface area (Å²) >= 11 is 0. The molecule has 0 aliphatic carbocycles. The zero-order valence-corrected chi connectivity index (χ0v) is 10.4. The molecule has 17 heavy (non-hydrogen) atoms. The smallest absolute Gasteiger partial charge is 0.120 e. The first-order valence-corrected chi connectivity index (χ1v) is 6.12. The van der Waals surface area contributed by atoms with E-state index in [0.29, 0.717) is 6.42 Å². The van der Waals surface area contributed by atoms with Gasteiger partial charge in [0.25, 0.3) is 0 Å². The topological polar surface area (TPSA) is 36.3 Å². The number of anilines is 1. The largest absolute Gasteiger partial charge is 0.491 e. The van der Waals surface area contributed by atoms with Gasteiger partial charge in [-0.15, -0.1) is 0 Å². The van der Waals surface area contributed by atoms with Gasteiger partial charge >= 0.3 is 0 Å². The Bertz CT molecular complexity index is 434. The number of nitriles is 1. The van der Waals surface area contributed by atoms with Crippen LogP contribution in [-0.4, -0.2) is 19.2 Å². The van der Waals surface area contributed by atoms with Gasteiger partial charge in [0, 0.05) is 18.8 Å². The zero-order valence-electron chi connectivity index (χ0n) is 10.4. The van der Waals surface area contributed by atoms with Crippen molar-refractivity contribution in [3.8, 4) is 11.8 Å². The quantitative estimate of drug-likeness (QED) is 0.798.